The van der Waals surface area contributed by atoms with Crippen molar-refractivity contribution >= 4 is 17.6 Å². The fourth-order valence-corrected chi connectivity index (χ4v) is 5.77. The minimum Gasteiger partial charge on any atom is -0.465 e. The fraction of sp³-hybridized carbons (Fsp3) is 0.296. The lowest BCUT2D eigenvalue weighted by Crippen LogP contribution is -2.55. The third-order valence-electron chi connectivity index (χ3n) is 7.37. The van der Waals surface area contributed by atoms with E-state index in [0.29, 0.717) is 29.4 Å². The first-order valence-electron chi connectivity index (χ1n) is 12.2. The number of benzene rings is 1. The van der Waals surface area contributed by atoms with Crippen LogP contribution in [0, 0.1) is 5.92 Å². The van der Waals surface area contributed by atoms with Crippen LogP contribution in [-0.4, -0.2) is 60.2 Å². The highest BCUT2D eigenvalue weighted by Gasteiger charge is 2.44. The molecule has 1 aromatic carbocycles. The molecule has 1 saturated carbocycles. The Balaban J connectivity index is 1.33. The number of rotatable bonds is 4. The molecular formula is C27H26N6O3. The lowest BCUT2D eigenvalue weighted by Gasteiger charge is -2.40. The minimum absolute atomic E-state index is 0.0955. The predicted octanol–water partition coefficient (Wildman–Crippen LogP) is 4.11. The van der Waals surface area contributed by atoms with Gasteiger partial charge in [-0.15, -0.1) is 0 Å². The summed E-state index contributed by atoms with van der Waals surface area (Å²) in [5.74, 6) is 0.225. The highest BCUT2D eigenvalue weighted by molar-refractivity contribution is 5.96. The second-order valence-electron chi connectivity index (χ2n) is 9.46. The standard InChI is InChI=1S/C27H26N6O3/c34-26(32-13-4-7-18-8-9-22(24(18)32)31-27(35)36)19-10-12-28-23(15-19)20-16-29-33-14-11-21(30-25(20)33)17-5-2-1-3-6-17/h1-3,5-6,10-12,14-16,18,22,24,31H,4,7-9,13H2,(H,35,36)/t18-,22+,24-/m1/s1. The van der Waals surface area contributed by atoms with Gasteiger partial charge in [-0.3, -0.25) is 9.78 Å². The summed E-state index contributed by atoms with van der Waals surface area (Å²) in [7, 11) is 0. The second kappa shape index (κ2) is 9.07. The third kappa shape index (κ3) is 3.96. The van der Waals surface area contributed by atoms with Crippen LogP contribution in [0.15, 0.2) is 67.1 Å². The number of hydrogen-bond acceptors (Lipinski definition) is 5. The topological polar surface area (TPSA) is 113 Å². The van der Waals surface area contributed by atoms with Crippen molar-refractivity contribution in [2.45, 2.75) is 37.8 Å². The van der Waals surface area contributed by atoms with E-state index in [9.17, 15) is 14.7 Å². The van der Waals surface area contributed by atoms with E-state index >= 15 is 0 Å². The van der Waals surface area contributed by atoms with Gasteiger partial charge >= 0.3 is 6.09 Å². The molecule has 9 nitrogen and oxygen atoms in total. The van der Waals surface area contributed by atoms with Crippen LogP contribution in [0.4, 0.5) is 4.79 Å². The van der Waals surface area contributed by atoms with Crippen LogP contribution in [-0.2, 0) is 0 Å². The monoisotopic (exact) mass is 482 g/mol. The number of nitrogens with zero attached hydrogens (tertiary/aromatic N) is 5. The van der Waals surface area contributed by atoms with Crippen molar-refractivity contribution in [1.29, 1.82) is 0 Å². The predicted molar refractivity (Wildman–Crippen MR) is 133 cm³/mol. The molecule has 3 aromatic heterocycles. The maximum Gasteiger partial charge on any atom is 0.404 e. The Hall–Kier alpha value is -4.27. The van der Waals surface area contributed by atoms with Crippen molar-refractivity contribution in [2.24, 2.45) is 5.92 Å². The van der Waals surface area contributed by atoms with Gasteiger partial charge < -0.3 is 15.3 Å². The van der Waals surface area contributed by atoms with E-state index in [0.717, 1.165) is 42.5 Å². The zero-order chi connectivity index (χ0) is 24.6. The number of fused-ring (bicyclic) bond motifs is 2. The van der Waals surface area contributed by atoms with Crippen LogP contribution < -0.4 is 5.32 Å². The first-order valence-corrected chi connectivity index (χ1v) is 12.2. The van der Waals surface area contributed by atoms with Gasteiger partial charge in [0.1, 0.15) is 0 Å². The van der Waals surface area contributed by atoms with E-state index in [2.05, 4.69) is 15.4 Å². The first-order chi connectivity index (χ1) is 17.6. The van der Waals surface area contributed by atoms with Crippen LogP contribution in [0.3, 0.4) is 0 Å². The van der Waals surface area contributed by atoms with Crippen LogP contribution in [0.5, 0.6) is 0 Å². The summed E-state index contributed by atoms with van der Waals surface area (Å²) in [6, 6.07) is 15.0. The molecule has 2 amide bonds. The van der Waals surface area contributed by atoms with Crippen molar-refractivity contribution in [3.63, 3.8) is 0 Å². The molecule has 4 heterocycles. The number of carbonyl (C=O) groups is 2. The van der Waals surface area contributed by atoms with Gasteiger partial charge in [0, 0.05) is 30.1 Å². The van der Waals surface area contributed by atoms with Crippen LogP contribution in [0.25, 0.3) is 28.2 Å². The molecule has 2 N–H and O–H groups in total. The number of pyridine rings is 1. The van der Waals surface area contributed by atoms with Gasteiger partial charge in [-0.25, -0.2) is 14.3 Å². The molecule has 2 fully saturated rings. The highest BCUT2D eigenvalue weighted by Crippen LogP contribution is 2.38. The van der Waals surface area contributed by atoms with E-state index < -0.39 is 6.09 Å². The van der Waals surface area contributed by atoms with Gasteiger partial charge in [0.2, 0.25) is 0 Å². The molecule has 1 saturated heterocycles. The summed E-state index contributed by atoms with van der Waals surface area (Å²) < 4.78 is 1.70. The number of likely N-dealkylation sites (tertiary alicyclic amines) is 1. The Labute approximate surface area is 207 Å². The number of amides is 2. The largest absolute Gasteiger partial charge is 0.465 e. The molecule has 9 heteroatoms. The van der Waals surface area contributed by atoms with Gasteiger partial charge in [0.05, 0.1) is 35.2 Å². The van der Waals surface area contributed by atoms with Crippen molar-refractivity contribution in [3.05, 3.63) is 72.7 Å². The molecule has 0 bridgehead atoms. The van der Waals surface area contributed by atoms with E-state index in [1.54, 1.807) is 29.0 Å². The SMILES string of the molecule is O=C(O)N[C@H]1CC[C@H]2CCCN(C(=O)c3ccnc(-c4cnn5ccc(-c6ccccc6)nc45)c3)[C@H]21. The van der Waals surface area contributed by atoms with Gasteiger partial charge in [0.15, 0.2) is 5.65 Å². The molecular weight excluding hydrogens is 456 g/mol. The van der Waals surface area contributed by atoms with Crippen molar-refractivity contribution in [3.8, 4) is 22.5 Å². The lowest BCUT2D eigenvalue weighted by atomic mass is 9.90. The Bertz CT molecular complexity index is 1440. The van der Waals surface area contributed by atoms with Crippen molar-refractivity contribution in [1.82, 2.24) is 29.8 Å². The van der Waals surface area contributed by atoms with Crippen LogP contribution in [0.2, 0.25) is 0 Å². The number of aromatic nitrogens is 4. The number of carbonyl (C=O) groups excluding carboxylic acids is 1. The normalized spacial score (nSPS) is 21.3. The number of hydrogen-bond donors (Lipinski definition) is 2. The van der Waals surface area contributed by atoms with E-state index in [-0.39, 0.29) is 18.0 Å². The van der Waals surface area contributed by atoms with Gasteiger partial charge in [-0.2, -0.15) is 5.10 Å². The van der Waals surface area contributed by atoms with Gasteiger partial charge in [-0.05, 0) is 49.8 Å². The summed E-state index contributed by atoms with van der Waals surface area (Å²) in [6.45, 7) is 0.619. The quantitative estimate of drug-likeness (QED) is 0.453. The Morgan fingerprint density at radius 2 is 1.89 bits per heavy atom. The summed E-state index contributed by atoms with van der Waals surface area (Å²) in [6.07, 6.45) is 7.80. The lowest BCUT2D eigenvalue weighted by molar-refractivity contribution is 0.0501. The Kier molecular flexibility index (Phi) is 5.59. The van der Waals surface area contributed by atoms with E-state index in [4.69, 9.17) is 4.98 Å². The Morgan fingerprint density at radius 3 is 2.72 bits per heavy atom. The maximum atomic E-state index is 13.7. The first kappa shape index (κ1) is 22.2. The zero-order valence-corrected chi connectivity index (χ0v) is 19.6. The molecule has 182 valence electrons. The smallest absolute Gasteiger partial charge is 0.404 e. The Morgan fingerprint density at radius 1 is 1.03 bits per heavy atom. The number of nitrogens with one attached hydrogen (secondary N) is 1. The fourth-order valence-electron chi connectivity index (χ4n) is 5.77. The summed E-state index contributed by atoms with van der Waals surface area (Å²) in [4.78, 5) is 36.2. The molecule has 3 atom stereocenters. The van der Waals surface area contributed by atoms with Crippen LogP contribution in [0.1, 0.15) is 36.0 Å². The molecule has 1 aliphatic heterocycles. The van der Waals surface area contributed by atoms with Crippen molar-refractivity contribution < 1.29 is 14.7 Å². The molecule has 0 radical (unpaired) electrons. The third-order valence-corrected chi connectivity index (χ3v) is 7.37. The molecule has 1 aliphatic carbocycles. The van der Waals surface area contributed by atoms with Gasteiger partial charge in [0.25, 0.3) is 5.91 Å². The van der Waals surface area contributed by atoms with E-state index in [1.807, 2.05) is 47.5 Å². The molecule has 36 heavy (non-hydrogen) atoms. The molecule has 2 aliphatic rings. The molecule has 0 spiro atoms. The minimum atomic E-state index is -1.04. The average molecular weight is 483 g/mol. The van der Waals surface area contributed by atoms with Gasteiger partial charge in [-0.1, -0.05) is 30.3 Å². The van der Waals surface area contributed by atoms with Crippen molar-refractivity contribution in [2.75, 3.05) is 6.54 Å². The summed E-state index contributed by atoms with van der Waals surface area (Å²) >= 11 is 0. The summed E-state index contributed by atoms with van der Waals surface area (Å²) in [5, 5.41) is 16.4. The maximum absolute atomic E-state index is 13.7. The van der Waals surface area contributed by atoms with Crippen LogP contribution >= 0.6 is 0 Å². The highest BCUT2D eigenvalue weighted by atomic mass is 16.4. The molecule has 6 rings (SSSR count). The summed E-state index contributed by atoms with van der Waals surface area (Å²) in [5.41, 5.74) is 4.38. The van der Waals surface area contributed by atoms with E-state index in [1.165, 1.54) is 0 Å². The molecule has 4 aromatic rings. The average Bonchev–Trinajstić information content (AvgIpc) is 3.52. The number of piperidine rings is 1. The number of carboxylic acid groups (broad SMARTS) is 1. The molecule has 0 unspecified atom stereocenters. The second-order valence-corrected chi connectivity index (χ2v) is 9.46. The zero-order valence-electron chi connectivity index (χ0n) is 19.6.